The van der Waals surface area contributed by atoms with Crippen molar-refractivity contribution < 1.29 is 14.0 Å². The van der Waals surface area contributed by atoms with Crippen LogP contribution in [0.5, 0.6) is 0 Å². The quantitative estimate of drug-likeness (QED) is 0.0527. The highest BCUT2D eigenvalue weighted by atomic mass is 32.1. The zero-order valence-corrected chi connectivity index (χ0v) is 36.3. The van der Waals surface area contributed by atoms with Crippen LogP contribution in [0, 0.1) is 5.92 Å². The number of benzene rings is 1. The maximum absolute atomic E-state index is 13.6. The second-order valence-electron chi connectivity index (χ2n) is 16.3. The third-order valence-electron chi connectivity index (χ3n) is 11.7. The zero-order valence-electron chi connectivity index (χ0n) is 34.5. The van der Waals surface area contributed by atoms with Crippen LogP contribution in [0.3, 0.4) is 0 Å². The van der Waals surface area contributed by atoms with Crippen molar-refractivity contribution in [3.63, 3.8) is 0 Å². The van der Waals surface area contributed by atoms with Gasteiger partial charge >= 0.3 is 0 Å². The fraction of sp³-hybridized carbons (Fsp3) is 0.809. The van der Waals surface area contributed by atoms with Crippen LogP contribution in [0.1, 0.15) is 238 Å². The van der Waals surface area contributed by atoms with Gasteiger partial charge in [0.2, 0.25) is 11.0 Å². The van der Waals surface area contributed by atoms with E-state index in [0.29, 0.717) is 29.8 Å². The Hall–Kier alpha value is -1.27. The molecule has 0 saturated heterocycles. The summed E-state index contributed by atoms with van der Waals surface area (Å²) in [7, 11) is 0. The third kappa shape index (κ3) is 20.5. The Balaban J connectivity index is 1.77. The number of fused-ring (bicyclic) bond motifs is 1. The second-order valence-corrected chi connectivity index (χ2v) is 17.1. The molecule has 1 aromatic heterocycles. The van der Waals surface area contributed by atoms with E-state index in [4.69, 9.17) is 9.40 Å². The fourth-order valence-electron chi connectivity index (χ4n) is 8.27. The number of unbranched alkanes of at least 4 members (excludes halogenated alkanes) is 30. The van der Waals surface area contributed by atoms with Gasteiger partial charge in [0.15, 0.2) is 10.7 Å². The van der Waals surface area contributed by atoms with Crippen LogP contribution in [-0.2, 0) is 15.0 Å². The fourth-order valence-corrected chi connectivity index (χ4v) is 8.98. The Bertz CT molecular complexity index is 1150. The van der Waals surface area contributed by atoms with Crippen LogP contribution in [-0.4, -0.2) is 15.2 Å². The summed E-state index contributed by atoms with van der Waals surface area (Å²) in [6.07, 6.45) is 42.6. The van der Waals surface area contributed by atoms with E-state index in [9.17, 15) is 9.59 Å². The molecule has 304 valence electrons. The summed E-state index contributed by atoms with van der Waals surface area (Å²) in [5.74, 6) is -0.268. The largest absolute Gasteiger partial charge is 0.440 e. The topological polar surface area (TPSA) is 60.2 Å². The van der Waals surface area contributed by atoms with Crippen molar-refractivity contribution in [1.29, 1.82) is 0 Å². The summed E-state index contributed by atoms with van der Waals surface area (Å²) in [4.78, 5) is 31.7. The van der Waals surface area contributed by atoms with Crippen LogP contribution >= 0.6 is 25.3 Å². The van der Waals surface area contributed by atoms with Gasteiger partial charge in [-0.25, -0.2) is 4.98 Å². The minimum absolute atomic E-state index is 0.257. The Morgan fingerprint density at radius 2 is 0.906 bits per heavy atom. The van der Waals surface area contributed by atoms with Crippen LogP contribution in [0.4, 0.5) is 0 Å². The molecule has 0 aliphatic rings. The molecule has 0 aliphatic carbocycles. The number of carbonyl (C=O) groups is 2. The highest BCUT2D eigenvalue weighted by Gasteiger charge is 2.51. The van der Waals surface area contributed by atoms with Crippen LogP contribution in [0.25, 0.3) is 11.1 Å². The molecular formula is C47H81NO3S2. The zero-order chi connectivity index (χ0) is 38.2. The molecule has 2 aromatic rings. The SMILES string of the molecule is CCCCCCCCCCCCCCCCCCC(C(=O)S)C(CCCCCCCCCCCCCCCCCC)(C(=O)S)c1nc2ccccc2o1. The smallest absolute Gasteiger partial charge is 0.210 e. The number of aromatic nitrogens is 1. The van der Waals surface area contributed by atoms with E-state index < -0.39 is 11.3 Å². The van der Waals surface area contributed by atoms with Crippen LogP contribution in [0.2, 0.25) is 0 Å². The Labute approximate surface area is 337 Å². The predicted molar refractivity (Wildman–Crippen MR) is 235 cm³/mol. The van der Waals surface area contributed by atoms with E-state index in [1.165, 1.54) is 167 Å². The summed E-state index contributed by atoms with van der Waals surface area (Å²) in [6, 6.07) is 7.61. The number of para-hydroxylation sites is 2. The summed E-state index contributed by atoms with van der Waals surface area (Å²) >= 11 is 8.85. The van der Waals surface area contributed by atoms with Crippen molar-refractivity contribution in [2.75, 3.05) is 0 Å². The van der Waals surface area contributed by atoms with Crippen molar-refractivity contribution in [2.45, 2.75) is 238 Å². The lowest BCUT2D eigenvalue weighted by Gasteiger charge is -2.34. The second kappa shape index (κ2) is 31.9. The van der Waals surface area contributed by atoms with Crippen molar-refractivity contribution in [3.05, 3.63) is 30.2 Å². The molecule has 0 radical (unpaired) electrons. The summed E-state index contributed by atoms with van der Waals surface area (Å²) < 4.78 is 6.27. The normalized spacial score (nSPS) is 13.4. The van der Waals surface area contributed by atoms with Crippen molar-refractivity contribution in [3.8, 4) is 0 Å². The number of rotatable bonds is 38. The third-order valence-corrected chi connectivity index (χ3v) is 12.4. The van der Waals surface area contributed by atoms with Gasteiger partial charge in [0.05, 0.1) is 5.92 Å². The lowest BCUT2D eigenvalue weighted by molar-refractivity contribution is -0.126. The average Bonchev–Trinajstić information content (AvgIpc) is 3.59. The predicted octanol–water partition coefficient (Wildman–Crippen LogP) is 15.9. The lowest BCUT2D eigenvalue weighted by Crippen LogP contribution is -2.44. The first kappa shape index (κ1) is 47.9. The standard InChI is InChI=1S/C47H81NO3S2/c1-3-5-7-9-11-13-15-17-19-21-23-25-27-29-31-33-37-41(44(49)52)47(46(50)53,45-48-42-38-34-35-39-43(42)51-45)40-36-32-30-28-26-24-22-20-18-16-14-12-10-8-6-4-2/h34-35,38-39,41H,3-33,36-37,40H2,1-2H3,(H,49,52)(H,50,53). The number of hydrogen-bond donors (Lipinski definition) is 2. The maximum Gasteiger partial charge on any atom is 0.210 e. The summed E-state index contributed by atoms with van der Waals surface area (Å²) in [6.45, 7) is 4.56. The van der Waals surface area contributed by atoms with Gasteiger partial charge in [-0.3, -0.25) is 9.59 Å². The highest BCUT2D eigenvalue weighted by molar-refractivity contribution is 7.97. The molecular weight excluding hydrogens is 691 g/mol. The van der Waals surface area contributed by atoms with E-state index in [1.807, 2.05) is 24.3 Å². The van der Waals surface area contributed by atoms with Crippen molar-refractivity contribution in [1.82, 2.24) is 4.98 Å². The molecule has 1 heterocycles. The van der Waals surface area contributed by atoms with Gasteiger partial charge in [0, 0.05) is 0 Å². The van der Waals surface area contributed by atoms with Gasteiger partial charge in [-0.1, -0.05) is 231 Å². The number of nitrogens with zero attached hydrogens (tertiary/aromatic N) is 1. The van der Waals surface area contributed by atoms with Gasteiger partial charge in [-0.05, 0) is 25.0 Å². The molecule has 4 nitrogen and oxygen atoms in total. The van der Waals surface area contributed by atoms with E-state index in [2.05, 4.69) is 39.1 Å². The molecule has 0 amide bonds. The Morgan fingerprint density at radius 1 is 0.547 bits per heavy atom. The van der Waals surface area contributed by atoms with Gasteiger partial charge in [-0.15, -0.1) is 25.3 Å². The minimum atomic E-state index is -1.20. The first-order chi connectivity index (χ1) is 26.0. The molecule has 0 aliphatic heterocycles. The molecule has 0 fully saturated rings. The number of oxazole rings is 1. The lowest BCUT2D eigenvalue weighted by atomic mass is 9.70. The van der Waals surface area contributed by atoms with Crippen LogP contribution < -0.4 is 0 Å². The highest BCUT2D eigenvalue weighted by Crippen LogP contribution is 2.44. The summed E-state index contributed by atoms with van der Waals surface area (Å²) in [5, 5.41) is -0.582. The van der Waals surface area contributed by atoms with Gasteiger partial charge < -0.3 is 4.42 Å². The minimum Gasteiger partial charge on any atom is -0.440 e. The first-order valence-corrected chi connectivity index (χ1v) is 23.7. The van der Waals surface area contributed by atoms with Crippen molar-refractivity contribution >= 4 is 46.6 Å². The molecule has 2 atom stereocenters. The number of thiol groups is 2. The molecule has 0 saturated carbocycles. The molecule has 0 bridgehead atoms. The Morgan fingerprint density at radius 3 is 1.26 bits per heavy atom. The number of carbonyl (C=O) groups excluding carboxylic acids is 2. The van der Waals surface area contributed by atoms with E-state index in [1.54, 1.807) is 0 Å². The first-order valence-electron chi connectivity index (χ1n) is 22.8. The molecule has 0 spiro atoms. The maximum atomic E-state index is 13.6. The molecule has 6 heteroatoms. The van der Waals surface area contributed by atoms with Gasteiger partial charge in [0.25, 0.3) is 0 Å². The van der Waals surface area contributed by atoms with Gasteiger partial charge in [0.1, 0.15) is 10.9 Å². The van der Waals surface area contributed by atoms with Crippen LogP contribution in [0.15, 0.2) is 28.7 Å². The Kier molecular flexibility index (Phi) is 28.8. The number of hydrogen-bond acceptors (Lipinski definition) is 4. The molecule has 1 aromatic carbocycles. The monoisotopic (exact) mass is 772 g/mol. The summed E-state index contributed by atoms with van der Waals surface area (Å²) in [5.41, 5.74) is 0.148. The van der Waals surface area contributed by atoms with Gasteiger partial charge in [-0.2, -0.15) is 0 Å². The van der Waals surface area contributed by atoms with E-state index in [-0.39, 0.29) is 10.2 Å². The van der Waals surface area contributed by atoms with Crippen molar-refractivity contribution in [2.24, 2.45) is 5.92 Å². The average molecular weight is 772 g/mol. The molecule has 0 N–H and O–H groups in total. The van der Waals surface area contributed by atoms with E-state index in [0.717, 1.165) is 38.5 Å². The molecule has 2 unspecified atom stereocenters. The van der Waals surface area contributed by atoms with E-state index >= 15 is 0 Å². The molecule has 53 heavy (non-hydrogen) atoms. The molecule has 2 rings (SSSR count).